The molecule has 1 aromatic heterocycles. The normalized spacial score (nSPS) is 11.0. The summed E-state index contributed by atoms with van der Waals surface area (Å²) in [5, 5.41) is 1.20. The van der Waals surface area contributed by atoms with Crippen LogP contribution in [0.2, 0.25) is 0 Å². The van der Waals surface area contributed by atoms with E-state index in [9.17, 15) is 9.59 Å². The molecule has 0 aliphatic carbocycles. The van der Waals surface area contributed by atoms with Gasteiger partial charge in [-0.15, -0.1) is 0 Å². The summed E-state index contributed by atoms with van der Waals surface area (Å²) in [4.78, 5) is 25.5. The van der Waals surface area contributed by atoms with Crippen LogP contribution in [0.15, 0.2) is 71.5 Å². The highest BCUT2D eigenvalue weighted by Crippen LogP contribution is 2.21. The number of benzene rings is 3. The van der Waals surface area contributed by atoms with Crippen LogP contribution in [0.5, 0.6) is 5.75 Å². The fourth-order valence-corrected chi connectivity index (χ4v) is 3.31. The maximum atomic E-state index is 12.9. The van der Waals surface area contributed by atoms with Crippen molar-refractivity contribution in [1.29, 1.82) is 0 Å². The van der Waals surface area contributed by atoms with E-state index in [4.69, 9.17) is 4.74 Å². The van der Waals surface area contributed by atoms with E-state index in [1.807, 2.05) is 66.9 Å². The second-order valence-electron chi connectivity index (χ2n) is 6.74. The van der Waals surface area contributed by atoms with Gasteiger partial charge in [0.25, 0.3) is 0 Å². The van der Waals surface area contributed by atoms with Gasteiger partial charge in [0.15, 0.2) is 5.43 Å². The molecule has 0 spiro atoms. The average Bonchev–Trinajstić information content (AvgIpc) is 2.67. The summed E-state index contributed by atoms with van der Waals surface area (Å²) in [6.07, 6.45) is 0. The number of nitrogens with zero attached hydrogens (tertiary/aromatic N) is 1. The molecule has 3 aromatic carbocycles. The summed E-state index contributed by atoms with van der Waals surface area (Å²) < 4.78 is 7.34. The molecule has 0 aliphatic heterocycles. The Bertz CT molecular complexity index is 1220. The van der Waals surface area contributed by atoms with E-state index in [2.05, 4.69) is 0 Å². The van der Waals surface area contributed by atoms with Crippen molar-refractivity contribution in [2.75, 3.05) is 0 Å². The Balaban J connectivity index is 1.81. The van der Waals surface area contributed by atoms with Gasteiger partial charge in [0.05, 0.1) is 11.0 Å². The quantitative estimate of drug-likeness (QED) is 0.311. The van der Waals surface area contributed by atoms with Gasteiger partial charge in [0, 0.05) is 10.8 Å². The number of carbonyl (C=O) groups is 1. The molecule has 0 bridgehead atoms. The number of aromatic nitrogens is 1. The van der Waals surface area contributed by atoms with Crippen molar-refractivity contribution in [3.05, 3.63) is 88.1 Å². The van der Waals surface area contributed by atoms with Crippen molar-refractivity contribution < 1.29 is 9.53 Å². The molecule has 0 fully saturated rings. The molecule has 0 saturated carbocycles. The molecular formula is C23H19NO3. The number of fused-ring (bicyclic) bond motifs is 2. The minimum atomic E-state index is -0.380. The highest BCUT2D eigenvalue weighted by molar-refractivity contribution is 5.94. The van der Waals surface area contributed by atoms with Gasteiger partial charge in [-0.25, -0.2) is 4.79 Å². The van der Waals surface area contributed by atoms with Crippen molar-refractivity contribution in [3.8, 4) is 5.75 Å². The zero-order valence-corrected chi connectivity index (χ0v) is 15.2. The van der Waals surface area contributed by atoms with Crippen LogP contribution in [-0.2, 0) is 11.3 Å². The lowest BCUT2D eigenvalue weighted by Crippen LogP contribution is -2.20. The molecule has 0 amide bonds. The predicted octanol–water partition coefficient (Wildman–Crippen LogP) is 4.38. The third-order valence-corrected chi connectivity index (χ3v) is 4.67. The smallest absolute Gasteiger partial charge is 0.331 e. The van der Waals surface area contributed by atoms with Crippen LogP contribution < -0.4 is 10.2 Å². The Hall–Kier alpha value is -3.40. The molecule has 0 N–H and O–H groups in total. The first-order valence-corrected chi connectivity index (χ1v) is 8.82. The average molecular weight is 357 g/mol. The van der Waals surface area contributed by atoms with Gasteiger partial charge in [-0.05, 0) is 50.2 Å². The highest BCUT2D eigenvalue weighted by Gasteiger charge is 2.14. The zero-order chi connectivity index (χ0) is 19.0. The van der Waals surface area contributed by atoms with Crippen molar-refractivity contribution in [2.45, 2.75) is 20.4 Å². The molecule has 27 heavy (non-hydrogen) atoms. The summed E-state index contributed by atoms with van der Waals surface area (Å²) >= 11 is 0. The fourth-order valence-electron chi connectivity index (χ4n) is 3.31. The third-order valence-electron chi connectivity index (χ3n) is 4.67. The van der Waals surface area contributed by atoms with E-state index in [1.54, 1.807) is 18.2 Å². The van der Waals surface area contributed by atoms with Crippen LogP contribution in [0.25, 0.3) is 21.8 Å². The first-order valence-electron chi connectivity index (χ1n) is 8.82. The number of para-hydroxylation sites is 1. The zero-order valence-electron chi connectivity index (χ0n) is 15.2. The standard InChI is InChI=1S/C23H19NO3/c1-15-7-10-17(11-8-15)27-22(25)14-24-20-6-4-3-5-18(20)23(26)19-13-16(2)9-12-21(19)24/h3-13H,14H2,1-2H3. The summed E-state index contributed by atoms with van der Waals surface area (Å²) in [6.45, 7) is 3.95. The second-order valence-corrected chi connectivity index (χ2v) is 6.74. The lowest BCUT2D eigenvalue weighted by Gasteiger charge is -2.15. The van der Waals surface area contributed by atoms with Gasteiger partial charge < -0.3 is 9.30 Å². The molecular weight excluding hydrogens is 338 g/mol. The van der Waals surface area contributed by atoms with Crippen LogP contribution in [0.3, 0.4) is 0 Å². The molecule has 4 nitrogen and oxygen atoms in total. The molecule has 0 radical (unpaired) electrons. The topological polar surface area (TPSA) is 48.3 Å². The summed E-state index contributed by atoms with van der Waals surface area (Å²) in [5.41, 5.74) is 3.53. The maximum absolute atomic E-state index is 12.9. The van der Waals surface area contributed by atoms with Crippen molar-refractivity contribution >= 4 is 27.8 Å². The van der Waals surface area contributed by atoms with Crippen LogP contribution in [-0.4, -0.2) is 10.5 Å². The molecule has 0 atom stereocenters. The molecule has 4 aromatic rings. The first kappa shape index (κ1) is 17.0. The number of pyridine rings is 1. The number of ether oxygens (including phenoxy) is 1. The van der Waals surface area contributed by atoms with Crippen molar-refractivity contribution in [1.82, 2.24) is 4.57 Å². The number of aryl methyl sites for hydroxylation is 2. The predicted molar refractivity (Wildman–Crippen MR) is 107 cm³/mol. The van der Waals surface area contributed by atoms with Gasteiger partial charge in [-0.2, -0.15) is 0 Å². The second kappa shape index (κ2) is 6.72. The van der Waals surface area contributed by atoms with E-state index < -0.39 is 0 Å². The van der Waals surface area contributed by atoms with Gasteiger partial charge in [-0.1, -0.05) is 41.5 Å². The lowest BCUT2D eigenvalue weighted by atomic mass is 10.1. The van der Waals surface area contributed by atoms with Crippen molar-refractivity contribution in [2.24, 2.45) is 0 Å². The maximum Gasteiger partial charge on any atom is 0.331 e. The van der Waals surface area contributed by atoms with E-state index >= 15 is 0 Å². The van der Waals surface area contributed by atoms with Crippen LogP contribution in [0.1, 0.15) is 11.1 Å². The fraction of sp³-hybridized carbons (Fsp3) is 0.130. The Morgan fingerprint density at radius 2 is 1.52 bits per heavy atom. The van der Waals surface area contributed by atoms with E-state index in [0.29, 0.717) is 16.5 Å². The summed E-state index contributed by atoms with van der Waals surface area (Å²) in [5.74, 6) is 0.130. The SMILES string of the molecule is Cc1ccc(OC(=O)Cn2c3ccccc3c(=O)c3cc(C)ccc32)cc1. The molecule has 134 valence electrons. The number of rotatable bonds is 3. The van der Waals surface area contributed by atoms with Crippen molar-refractivity contribution in [3.63, 3.8) is 0 Å². The van der Waals surface area contributed by atoms with Crippen LogP contribution >= 0.6 is 0 Å². The Kier molecular flexibility index (Phi) is 4.24. The minimum Gasteiger partial charge on any atom is -0.425 e. The molecule has 0 unspecified atom stereocenters. The van der Waals surface area contributed by atoms with E-state index in [-0.39, 0.29) is 17.9 Å². The molecule has 0 saturated heterocycles. The third kappa shape index (κ3) is 3.22. The monoisotopic (exact) mass is 357 g/mol. The Labute approximate surface area is 156 Å². The molecule has 4 rings (SSSR count). The van der Waals surface area contributed by atoms with Gasteiger partial charge in [0.1, 0.15) is 12.3 Å². The molecule has 1 heterocycles. The van der Waals surface area contributed by atoms with Gasteiger partial charge in [0.2, 0.25) is 0 Å². The lowest BCUT2D eigenvalue weighted by molar-refractivity contribution is -0.134. The van der Waals surface area contributed by atoms with Gasteiger partial charge >= 0.3 is 5.97 Å². The largest absolute Gasteiger partial charge is 0.425 e. The highest BCUT2D eigenvalue weighted by atomic mass is 16.5. The van der Waals surface area contributed by atoms with Crippen LogP contribution in [0.4, 0.5) is 0 Å². The number of carbonyl (C=O) groups excluding carboxylic acids is 1. The summed E-state index contributed by atoms with van der Waals surface area (Å²) in [6, 6.07) is 20.4. The molecule has 0 aliphatic rings. The van der Waals surface area contributed by atoms with Gasteiger partial charge in [-0.3, -0.25) is 4.79 Å². The van der Waals surface area contributed by atoms with E-state index in [0.717, 1.165) is 22.2 Å². The number of hydrogen-bond acceptors (Lipinski definition) is 3. The summed E-state index contributed by atoms with van der Waals surface area (Å²) in [7, 11) is 0. The Morgan fingerprint density at radius 1 is 0.852 bits per heavy atom. The number of hydrogen-bond donors (Lipinski definition) is 0. The molecule has 4 heteroatoms. The first-order chi connectivity index (χ1) is 13.0. The number of esters is 1. The van der Waals surface area contributed by atoms with E-state index in [1.165, 1.54) is 0 Å². The minimum absolute atomic E-state index is 0.0209. The Morgan fingerprint density at radius 3 is 2.30 bits per heavy atom. The van der Waals surface area contributed by atoms with Crippen LogP contribution in [0, 0.1) is 13.8 Å².